The van der Waals surface area contributed by atoms with Crippen LogP contribution >= 0.6 is 27.5 Å². The molecule has 0 heterocycles. The van der Waals surface area contributed by atoms with Gasteiger partial charge in [-0.2, -0.15) is 0 Å². The number of halogens is 2. The molecule has 0 saturated carbocycles. The topological polar surface area (TPSA) is 96.0 Å². The first kappa shape index (κ1) is 31.4. The Morgan fingerprint density at radius 1 is 0.975 bits per heavy atom. The zero-order valence-corrected chi connectivity index (χ0v) is 25.8. The van der Waals surface area contributed by atoms with E-state index >= 15 is 0 Å². The molecule has 0 radical (unpaired) electrons. The van der Waals surface area contributed by atoms with Crippen molar-refractivity contribution in [3.8, 4) is 5.75 Å². The lowest BCUT2D eigenvalue weighted by molar-refractivity contribution is -0.140. The molecule has 0 unspecified atom stereocenters. The molecule has 0 bridgehead atoms. The first-order chi connectivity index (χ1) is 19.1. The summed E-state index contributed by atoms with van der Waals surface area (Å²) in [5.41, 5.74) is 0.923. The molecule has 0 spiro atoms. The van der Waals surface area contributed by atoms with Crippen molar-refractivity contribution in [2.45, 2.75) is 44.7 Å². The minimum absolute atomic E-state index is 0.0193. The van der Waals surface area contributed by atoms with Gasteiger partial charge in [-0.05, 0) is 80.4 Å². The number of likely N-dealkylation sites (N-methyl/N-ethyl adjacent to an activating group) is 1. The van der Waals surface area contributed by atoms with Gasteiger partial charge in [0, 0.05) is 22.6 Å². The molecule has 0 aliphatic carbocycles. The number of nitrogens with one attached hydrogen (secondary N) is 1. The average molecular weight is 651 g/mol. The number of anilines is 1. The average Bonchev–Trinajstić information content (AvgIpc) is 2.93. The van der Waals surface area contributed by atoms with Crippen LogP contribution in [0.3, 0.4) is 0 Å². The number of carbonyl (C=O) groups excluding carboxylic acids is 2. The molecule has 214 valence electrons. The second-order valence-electron chi connectivity index (χ2n) is 8.82. The summed E-state index contributed by atoms with van der Waals surface area (Å²) in [7, 11) is -4.17. The summed E-state index contributed by atoms with van der Waals surface area (Å²) in [5, 5.41) is 3.22. The molecule has 0 saturated heterocycles. The highest BCUT2D eigenvalue weighted by Gasteiger charge is 2.33. The van der Waals surface area contributed by atoms with E-state index in [1.165, 1.54) is 17.0 Å². The van der Waals surface area contributed by atoms with Gasteiger partial charge >= 0.3 is 0 Å². The molecular weight excluding hydrogens is 618 g/mol. The zero-order chi connectivity index (χ0) is 29.3. The van der Waals surface area contributed by atoms with Gasteiger partial charge < -0.3 is 15.0 Å². The van der Waals surface area contributed by atoms with Crippen molar-refractivity contribution in [1.29, 1.82) is 0 Å². The smallest absolute Gasteiger partial charge is 0.264 e. The van der Waals surface area contributed by atoms with E-state index in [2.05, 4.69) is 21.2 Å². The minimum atomic E-state index is -4.17. The first-order valence-corrected chi connectivity index (χ1v) is 15.5. The number of rotatable bonds is 13. The van der Waals surface area contributed by atoms with Gasteiger partial charge in [-0.3, -0.25) is 13.9 Å². The minimum Gasteiger partial charge on any atom is -0.494 e. The lowest BCUT2D eigenvalue weighted by atomic mass is 10.1. The molecule has 0 fully saturated rings. The lowest BCUT2D eigenvalue weighted by Gasteiger charge is -2.33. The van der Waals surface area contributed by atoms with Crippen LogP contribution in [0.5, 0.6) is 5.75 Å². The van der Waals surface area contributed by atoms with E-state index < -0.39 is 28.5 Å². The highest BCUT2D eigenvalue weighted by Crippen LogP contribution is 2.28. The second kappa shape index (κ2) is 14.5. The van der Waals surface area contributed by atoms with E-state index in [0.29, 0.717) is 40.4 Å². The van der Waals surface area contributed by atoms with Crippen LogP contribution in [0.15, 0.2) is 82.2 Å². The number of benzene rings is 3. The number of ether oxygens (including phenoxy) is 1. The normalized spacial score (nSPS) is 11.9. The van der Waals surface area contributed by atoms with Gasteiger partial charge in [-0.25, -0.2) is 8.42 Å². The fourth-order valence-corrected chi connectivity index (χ4v) is 6.03. The van der Waals surface area contributed by atoms with Gasteiger partial charge in [0.1, 0.15) is 18.3 Å². The Morgan fingerprint density at radius 3 is 2.20 bits per heavy atom. The highest BCUT2D eigenvalue weighted by atomic mass is 79.9. The van der Waals surface area contributed by atoms with Crippen LogP contribution < -0.4 is 14.4 Å². The van der Waals surface area contributed by atoms with Crippen LogP contribution in [-0.2, 0) is 26.2 Å². The summed E-state index contributed by atoms with van der Waals surface area (Å²) < 4.78 is 35.1. The molecule has 3 aromatic rings. The van der Waals surface area contributed by atoms with Crippen LogP contribution in [0.4, 0.5) is 5.69 Å². The molecule has 0 aliphatic heterocycles. The van der Waals surface area contributed by atoms with Crippen molar-refractivity contribution < 1.29 is 22.7 Å². The summed E-state index contributed by atoms with van der Waals surface area (Å²) in [6.07, 6.45) is 0.324. The maximum absolute atomic E-state index is 14.0. The van der Waals surface area contributed by atoms with Crippen molar-refractivity contribution >= 4 is 55.1 Å². The fraction of sp³-hybridized carbons (Fsp3) is 0.310. The van der Waals surface area contributed by atoms with Crippen LogP contribution in [0, 0.1) is 0 Å². The SMILES string of the molecule is CCNC(=O)[C@@H](CC)N(Cc1ccccc1Cl)C(=O)CN(c1ccc(OCC)cc1)S(=O)(=O)c1ccc(Br)cc1. The number of hydrogen-bond acceptors (Lipinski definition) is 5. The van der Waals surface area contributed by atoms with Gasteiger partial charge in [0.25, 0.3) is 10.0 Å². The summed E-state index contributed by atoms with van der Waals surface area (Å²) >= 11 is 9.74. The third-order valence-electron chi connectivity index (χ3n) is 6.15. The summed E-state index contributed by atoms with van der Waals surface area (Å²) in [4.78, 5) is 28.4. The maximum atomic E-state index is 14.0. The Kier molecular flexibility index (Phi) is 11.4. The predicted molar refractivity (Wildman–Crippen MR) is 161 cm³/mol. The molecule has 0 aliphatic rings. The molecule has 3 rings (SSSR count). The first-order valence-electron chi connectivity index (χ1n) is 12.9. The third kappa shape index (κ3) is 7.77. The Bertz CT molecular complexity index is 1400. The summed E-state index contributed by atoms with van der Waals surface area (Å²) in [6.45, 7) is 5.78. The van der Waals surface area contributed by atoms with Crippen molar-refractivity contribution in [2.24, 2.45) is 0 Å². The van der Waals surface area contributed by atoms with Gasteiger partial charge in [0.2, 0.25) is 11.8 Å². The van der Waals surface area contributed by atoms with Gasteiger partial charge in [0.15, 0.2) is 0 Å². The predicted octanol–water partition coefficient (Wildman–Crippen LogP) is 5.64. The molecule has 40 heavy (non-hydrogen) atoms. The molecule has 11 heteroatoms. The van der Waals surface area contributed by atoms with Crippen LogP contribution in [0.25, 0.3) is 0 Å². The Labute approximate surface area is 249 Å². The number of hydrogen-bond donors (Lipinski definition) is 1. The third-order valence-corrected chi connectivity index (χ3v) is 8.84. The van der Waals surface area contributed by atoms with Crippen LogP contribution in [-0.4, -0.2) is 50.9 Å². The van der Waals surface area contributed by atoms with Crippen molar-refractivity contribution in [2.75, 3.05) is 24.0 Å². The fourth-order valence-electron chi connectivity index (χ4n) is 4.16. The largest absolute Gasteiger partial charge is 0.494 e. The number of carbonyl (C=O) groups is 2. The zero-order valence-electron chi connectivity index (χ0n) is 22.6. The number of nitrogens with zero attached hydrogens (tertiary/aromatic N) is 2. The number of amides is 2. The summed E-state index contributed by atoms with van der Waals surface area (Å²) in [5.74, 6) is -0.303. The standard InChI is InChI=1S/C29H33BrClN3O5S/c1-4-27(29(36)32-5-2)33(19-21-9-7-8-10-26(21)31)28(35)20-34(23-13-15-24(16-14-23)39-6-3)40(37,38)25-17-11-22(30)12-18-25/h7-18,27H,4-6,19-20H2,1-3H3,(H,32,36)/t27-/m1/s1. The lowest BCUT2D eigenvalue weighted by Crippen LogP contribution is -2.52. The molecule has 1 atom stereocenters. The van der Waals surface area contributed by atoms with Crippen LogP contribution in [0.1, 0.15) is 32.8 Å². The van der Waals surface area contributed by atoms with Gasteiger partial charge in [0.05, 0.1) is 17.2 Å². The molecule has 2 amide bonds. The van der Waals surface area contributed by atoms with E-state index in [9.17, 15) is 18.0 Å². The van der Waals surface area contributed by atoms with Crippen molar-refractivity contribution in [3.05, 3.63) is 87.9 Å². The monoisotopic (exact) mass is 649 g/mol. The second-order valence-corrected chi connectivity index (χ2v) is 12.0. The molecule has 1 N–H and O–H groups in total. The molecule has 3 aromatic carbocycles. The highest BCUT2D eigenvalue weighted by molar-refractivity contribution is 9.10. The Hall–Kier alpha value is -3.08. The van der Waals surface area contributed by atoms with E-state index in [-0.39, 0.29) is 23.0 Å². The Morgan fingerprint density at radius 2 is 1.62 bits per heavy atom. The molecule has 8 nitrogen and oxygen atoms in total. The van der Waals surface area contributed by atoms with Gasteiger partial charge in [-0.1, -0.05) is 52.7 Å². The van der Waals surface area contributed by atoms with E-state index in [4.69, 9.17) is 16.3 Å². The van der Waals surface area contributed by atoms with Gasteiger partial charge in [-0.15, -0.1) is 0 Å². The van der Waals surface area contributed by atoms with E-state index in [1.54, 1.807) is 74.5 Å². The van der Waals surface area contributed by atoms with E-state index in [0.717, 1.165) is 4.31 Å². The van der Waals surface area contributed by atoms with Crippen LogP contribution in [0.2, 0.25) is 5.02 Å². The van der Waals surface area contributed by atoms with E-state index in [1.807, 2.05) is 6.92 Å². The molecular formula is C29H33BrClN3O5S. The Balaban J connectivity index is 2.07. The summed E-state index contributed by atoms with van der Waals surface area (Å²) in [6, 6.07) is 18.9. The maximum Gasteiger partial charge on any atom is 0.264 e. The quantitative estimate of drug-likeness (QED) is 0.258. The number of sulfonamides is 1. The van der Waals surface area contributed by atoms with Crippen molar-refractivity contribution in [3.63, 3.8) is 0 Å². The molecule has 0 aromatic heterocycles. The van der Waals surface area contributed by atoms with Crippen molar-refractivity contribution in [1.82, 2.24) is 10.2 Å².